The van der Waals surface area contributed by atoms with Crippen LogP contribution in [0.5, 0.6) is 0 Å². The lowest BCUT2D eigenvalue weighted by Crippen LogP contribution is -2.41. The number of pyridine rings is 2. The van der Waals surface area contributed by atoms with Crippen LogP contribution in [0.2, 0.25) is 0 Å². The Kier molecular flexibility index (Phi) is 4.06. The lowest BCUT2D eigenvalue weighted by molar-refractivity contribution is 0.00321. The summed E-state index contributed by atoms with van der Waals surface area (Å²) in [6.45, 7) is 0. The van der Waals surface area contributed by atoms with Gasteiger partial charge in [-0.3, -0.25) is 14.8 Å². The fourth-order valence-electron chi connectivity index (χ4n) is 15.4. The van der Waals surface area contributed by atoms with E-state index >= 15 is 0 Å². The Bertz CT molecular complexity index is 2970. The topological polar surface area (TPSA) is 47.3 Å². The molecule has 7 atom stereocenters. The summed E-state index contributed by atoms with van der Waals surface area (Å²) in [6.07, 6.45) is 17.9. The van der Waals surface area contributed by atoms with E-state index in [9.17, 15) is 4.79 Å². The highest BCUT2D eigenvalue weighted by atomic mass is 16.1. The zero-order valence-electron chi connectivity index (χ0n) is 28.1. The van der Waals surface area contributed by atoms with Crippen molar-refractivity contribution in [3.8, 4) is 0 Å². The van der Waals surface area contributed by atoms with Gasteiger partial charge in [-0.1, -0.05) is 36.4 Å². The van der Waals surface area contributed by atoms with Gasteiger partial charge in [-0.05, 0) is 133 Å². The SMILES string of the molecule is O=c1c2cccc3cccc(c32)c2c1cc1c3c4c(ncc3n3c5cnc6c(c5c2c13)C1CC2CC3CC6CC32C1)C1CC2CC(C1)CC4C2. The van der Waals surface area contributed by atoms with Crippen molar-refractivity contribution in [2.75, 3.05) is 0 Å². The van der Waals surface area contributed by atoms with Crippen molar-refractivity contribution >= 4 is 70.4 Å². The maximum atomic E-state index is 15.0. The van der Waals surface area contributed by atoms with Gasteiger partial charge in [0.15, 0.2) is 5.43 Å². The third-order valence-corrected chi connectivity index (χ3v) is 16.8. The van der Waals surface area contributed by atoms with E-state index in [1.165, 1.54) is 124 Å². The minimum absolute atomic E-state index is 0.191. The predicted octanol–water partition coefficient (Wildman–Crippen LogP) is 10.7. The third-order valence-electron chi connectivity index (χ3n) is 16.8. The normalized spacial score (nSPS) is 34.6. The number of rotatable bonds is 0. The fourth-order valence-corrected chi connectivity index (χ4v) is 15.4. The average molecular weight is 648 g/mol. The Morgan fingerprint density at radius 3 is 2.08 bits per heavy atom. The second-order valence-corrected chi connectivity index (χ2v) is 18.5. The van der Waals surface area contributed by atoms with Gasteiger partial charge >= 0.3 is 0 Å². The number of hydrogen-bond acceptors (Lipinski definition) is 3. The second-order valence-electron chi connectivity index (χ2n) is 18.5. The van der Waals surface area contributed by atoms with E-state index in [2.05, 4.69) is 59.3 Å². The van der Waals surface area contributed by atoms with Gasteiger partial charge in [0.2, 0.25) is 0 Å². The summed E-state index contributed by atoms with van der Waals surface area (Å²) in [4.78, 5) is 25.9. The highest BCUT2D eigenvalue weighted by Gasteiger charge is 2.66. The summed E-state index contributed by atoms with van der Waals surface area (Å²) in [5.74, 6) is 5.78. The van der Waals surface area contributed by atoms with Crippen molar-refractivity contribution in [2.24, 2.45) is 29.1 Å². The maximum absolute atomic E-state index is 15.0. The molecule has 5 fully saturated rings. The number of aromatic nitrogens is 3. The van der Waals surface area contributed by atoms with Crippen LogP contribution in [0.15, 0.2) is 59.7 Å². The molecule has 0 aliphatic heterocycles. The van der Waals surface area contributed by atoms with Gasteiger partial charge in [-0.15, -0.1) is 0 Å². The third kappa shape index (κ3) is 2.58. The first-order chi connectivity index (χ1) is 24.6. The molecule has 1 spiro atoms. The first kappa shape index (κ1) is 25.6. The monoisotopic (exact) mass is 647 g/mol. The molecule has 0 amide bonds. The Balaban J connectivity index is 1.21. The zero-order chi connectivity index (χ0) is 31.9. The highest BCUT2D eigenvalue weighted by Crippen LogP contribution is 2.76. The molecule has 4 aromatic heterocycles. The average Bonchev–Trinajstić information content (AvgIpc) is 3.77. The molecule has 4 aromatic carbocycles. The molecule has 8 aliphatic rings. The molecule has 4 nitrogen and oxygen atoms in total. The summed E-state index contributed by atoms with van der Waals surface area (Å²) in [5.41, 5.74) is 10.5. The molecule has 0 saturated heterocycles. The molecular weight excluding hydrogens is 611 g/mol. The molecule has 8 aliphatic carbocycles. The van der Waals surface area contributed by atoms with E-state index in [4.69, 9.17) is 9.97 Å². The summed E-state index contributed by atoms with van der Waals surface area (Å²) < 4.78 is 2.59. The zero-order valence-corrected chi connectivity index (χ0v) is 28.1. The second kappa shape index (κ2) is 7.93. The van der Waals surface area contributed by atoms with Crippen molar-refractivity contribution in [1.82, 2.24) is 14.4 Å². The summed E-state index contributed by atoms with van der Waals surface area (Å²) >= 11 is 0. The Hall–Kier alpha value is -4.31. The maximum Gasteiger partial charge on any atom is 0.194 e. The van der Waals surface area contributed by atoms with Crippen LogP contribution in [0.1, 0.15) is 110 Å². The smallest absolute Gasteiger partial charge is 0.194 e. The molecule has 4 heteroatoms. The summed E-state index contributed by atoms with van der Waals surface area (Å²) in [7, 11) is 0. The van der Waals surface area contributed by atoms with Crippen LogP contribution in [0.25, 0.3) is 70.4 Å². The van der Waals surface area contributed by atoms with E-state index in [0.29, 0.717) is 29.1 Å². The van der Waals surface area contributed by atoms with Gasteiger partial charge in [0.25, 0.3) is 0 Å². The number of fused-ring (bicyclic) bond motifs is 15. The first-order valence-electron chi connectivity index (χ1n) is 19.8. The molecule has 8 aromatic rings. The fraction of sp³-hybridized carbons (Fsp3) is 0.413. The molecule has 7 unspecified atom stereocenters. The molecule has 16 rings (SSSR count). The van der Waals surface area contributed by atoms with Gasteiger partial charge < -0.3 is 4.40 Å². The van der Waals surface area contributed by atoms with Crippen molar-refractivity contribution in [3.05, 3.63) is 87.6 Å². The van der Waals surface area contributed by atoms with E-state index in [-0.39, 0.29) is 5.43 Å². The molecule has 5 saturated carbocycles. The van der Waals surface area contributed by atoms with Crippen LogP contribution < -0.4 is 5.43 Å². The lowest BCUT2D eigenvalue weighted by Gasteiger charge is -2.48. The predicted molar refractivity (Wildman–Crippen MR) is 200 cm³/mol. The first-order valence-corrected chi connectivity index (χ1v) is 19.8. The van der Waals surface area contributed by atoms with Crippen molar-refractivity contribution in [2.45, 2.75) is 87.9 Å². The van der Waals surface area contributed by atoms with Crippen molar-refractivity contribution < 1.29 is 0 Å². The van der Waals surface area contributed by atoms with Crippen molar-refractivity contribution in [1.29, 1.82) is 0 Å². The van der Waals surface area contributed by atoms with E-state index < -0.39 is 0 Å². The molecule has 7 bridgehead atoms. The summed E-state index contributed by atoms with van der Waals surface area (Å²) in [5, 5.41) is 11.9. The van der Waals surface area contributed by atoms with Gasteiger partial charge in [0.05, 0.1) is 28.9 Å². The Morgan fingerprint density at radius 1 is 0.580 bits per heavy atom. The van der Waals surface area contributed by atoms with Crippen molar-refractivity contribution in [3.63, 3.8) is 0 Å². The van der Waals surface area contributed by atoms with Gasteiger partial charge in [-0.25, -0.2) is 0 Å². The number of hydrogen-bond donors (Lipinski definition) is 0. The Labute approximate surface area is 288 Å². The summed E-state index contributed by atoms with van der Waals surface area (Å²) in [6, 6.07) is 15.4. The van der Waals surface area contributed by atoms with Crippen LogP contribution in [0, 0.1) is 29.1 Å². The standard InChI is InChI=1S/C46H37N3O/c50-45-30-6-2-4-22-3-1-5-29(35(22)30)38-32(45)15-31-39-33(18-47-42-24-10-20-7-21(11-24)9-23(8-20)36(39)42)49-34-19-48-43-26-13-28-14-27-12-25(16-46(27,28)17-26)37(43)40(34)41(38)44(31)49/h1-6,15,18-21,23-28H,7-14,16-17H2. The number of nitrogens with zero attached hydrogens (tertiary/aromatic N) is 3. The molecule has 4 heterocycles. The Morgan fingerprint density at radius 2 is 1.26 bits per heavy atom. The molecule has 0 radical (unpaired) electrons. The van der Waals surface area contributed by atoms with Crippen LogP contribution >= 0.6 is 0 Å². The van der Waals surface area contributed by atoms with E-state index in [1.807, 2.05) is 0 Å². The minimum Gasteiger partial charge on any atom is -0.305 e. The van der Waals surface area contributed by atoms with E-state index in [1.54, 1.807) is 11.1 Å². The largest absolute Gasteiger partial charge is 0.305 e. The molecule has 0 N–H and O–H groups in total. The quantitative estimate of drug-likeness (QED) is 0.122. The molecule has 242 valence electrons. The minimum atomic E-state index is 0.191. The van der Waals surface area contributed by atoms with Gasteiger partial charge in [0.1, 0.15) is 0 Å². The highest BCUT2D eigenvalue weighted by molar-refractivity contribution is 6.38. The van der Waals surface area contributed by atoms with Gasteiger partial charge in [-0.2, -0.15) is 0 Å². The van der Waals surface area contributed by atoms with Crippen LogP contribution in [0.4, 0.5) is 0 Å². The van der Waals surface area contributed by atoms with Crippen LogP contribution in [-0.2, 0) is 0 Å². The van der Waals surface area contributed by atoms with Crippen LogP contribution in [-0.4, -0.2) is 14.4 Å². The lowest BCUT2D eigenvalue weighted by atomic mass is 9.56. The number of benzene rings is 4. The molecule has 50 heavy (non-hydrogen) atoms. The van der Waals surface area contributed by atoms with Gasteiger partial charge in [0, 0.05) is 66.3 Å². The molecular formula is C46H37N3O. The van der Waals surface area contributed by atoms with E-state index in [0.717, 1.165) is 45.2 Å². The van der Waals surface area contributed by atoms with Crippen LogP contribution in [0.3, 0.4) is 0 Å².